The molecule has 0 saturated heterocycles. The number of hydrogen-bond donors (Lipinski definition) is 1. The molecule has 3 nitrogen and oxygen atoms in total. The van der Waals surface area contributed by atoms with Crippen LogP contribution in [0.5, 0.6) is 0 Å². The molecule has 0 aliphatic carbocycles. The van der Waals surface area contributed by atoms with Crippen molar-refractivity contribution in [1.29, 1.82) is 0 Å². The lowest BCUT2D eigenvalue weighted by Gasteiger charge is -2.26. The van der Waals surface area contributed by atoms with Crippen molar-refractivity contribution in [2.75, 3.05) is 6.61 Å². The number of nitrogens with two attached hydrogens (primary N) is 1. The van der Waals surface area contributed by atoms with E-state index >= 15 is 0 Å². The van der Waals surface area contributed by atoms with Crippen molar-refractivity contribution < 1.29 is 9.53 Å². The monoisotopic (exact) mass is 243 g/mol. The Hall–Kier alpha value is -0.410. The van der Waals surface area contributed by atoms with Gasteiger partial charge in [0.05, 0.1) is 0 Å². The van der Waals surface area contributed by atoms with Gasteiger partial charge in [-0.15, -0.1) is 0 Å². The number of rotatable bonds is 7. The van der Waals surface area contributed by atoms with Gasteiger partial charge in [-0.25, -0.2) is 0 Å². The third-order valence-corrected chi connectivity index (χ3v) is 2.40. The smallest absolute Gasteiger partial charge is 0.137 e. The van der Waals surface area contributed by atoms with Crippen molar-refractivity contribution in [3.8, 4) is 0 Å². The second-order valence-electron chi connectivity index (χ2n) is 6.80. The predicted octanol–water partition coefficient (Wildman–Crippen LogP) is 3.12. The zero-order valence-electron chi connectivity index (χ0n) is 12.3. The predicted molar refractivity (Wildman–Crippen MR) is 71.7 cm³/mol. The summed E-state index contributed by atoms with van der Waals surface area (Å²) in [7, 11) is 0. The summed E-state index contributed by atoms with van der Waals surface area (Å²) < 4.78 is 5.58. The molecule has 0 aliphatic heterocycles. The SMILES string of the molecule is CC(C)CCOC(C)(N)CC(=O)CC(C)(C)C. The summed E-state index contributed by atoms with van der Waals surface area (Å²) in [6.45, 7) is 12.8. The van der Waals surface area contributed by atoms with Gasteiger partial charge in [-0.1, -0.05) is 34.6 Å². The molecule has 0 bridgehead atoms. The first-order chi connectivity index (χ1) is 7.52. The number of ketones is 1. The second-order valence-corrected chi connectivity index (χ2v) is 6.80. The van der Waals surface area contributed by atoms with Gasteiger partial charge in [0.15, 0.2) is 0 Å². The van der Waals surface area contributed by atoms with E-state index < -0.39 is 5.72 Å². The topological polar surface area (TPSA) is 52.3 Å². The van der Waals surface area contributed by atoms with E-state index in [2.05, 4.69) is 34.6 Å². The summed E-state index contributed by atoms with van der Waals surface area (Å²) >= 11 is 0. The number of carbonyl (C=O) groups is 1. The highest BCUT2D eigenvalue weighted by Crippen LogP contribution is 2.22. The van der Waals surface area contributed by atoms with Crippen LogP contribution in [0.2, 0.25) is 0 Å². The minimum Gasteiger partial charge on any atom is -0.361 e. The van der Waals surface area contributed by atoms with Crippen LogP contribution in [0.25, 0.3) is 0 Å². The molecule has 2 N–H and O–H groups in total. The van der Waals surface area contributed by atoms with Crippen LogP contribution < -0.4 is 5.73 Å². The molecule has 3 heteroatoms. The Balaban J connectivity index is 4.03. The van der Waals surface area contributed by atoms with Crippen LogP contribution in [0.15, 0.2) is 0 Å². The number of Topliss-reactive ketones (excluding diaryl/α,β-unsaturated/α-hetero) is 1. The minimum absolute atomic E-state index is 0.0189. The maximum Gasteiger partial charge on any atom is 0.137 e. The standard InChI is InChI=1S/C14H29NO2/c1-11(2)7-8-17-14(6,15)10-12(16)9-13(3,4)5/h11H,7-10,15H2,1-6H3. The summed E-state index contributed by atoms with van der Waals surface area (Å²) in [5, 5.41) is 0. The van der Waals surface area contributed by atoms with Crippen molar-refractivity contribution in [2.24, 2.45) is 17.1 Å². The fraction of sp³-hybridized carbons (Fsp3) is 0.929. The van der Waals surface area contributed by atoms with Crippen molar-refractivity contribution in [1.82, 2.24) is 0 Å². The van der Waals surface area contributed by atoms with E-state index in [0.717, 1.165) is 6.42 Å². The van der Waals surface area contributed by atoms with Gasteiger partial charge in [0.2, 0.25) is 0 Å². The molecule has 17 heavy (non-hydrogen) atoms. The largest absolute Gasteiger partial charge is 0.361 e. The molecule has 0 radical (unpaired) electrons. The van der Waals surface area contributed by atoms with Crippen LogP contribution in [-0.2, 0) is 9.53 Å². The van der Waals surface area contributed by atoms with Crippen LogP contribution in [0, 0.1) is 11.3 Å². The number of carbonyl (C=O) groups excluding carboxylic acids is 1. The molecule has 0 heterocycles. The van der Waals surface area contributed by atoms with E-state index in [-0.39, 0.29) is 11.2 Å². The van der Waals surface area contributed by atoms with Gasteiger partial charge in [-0.2, -0.15) is 0 Å². The maximum atomic E-state index is 11.8. The molecule has 1 unspecified atom stereocenters. The average Bonchev–Trinajstić information content (AvgIpc) is 1.96. The van der Waals surface area contributed by atoms with Gasteiger partial charge >= 0.3 is 0 Å². The Morgan fingerprint density at radius 1 is 1.18 bits per heavy atom. The fourth-order valence-electron chi connectivity index (χ4n) is 1.62. The first kappa shape index (κ1) is 16.6. The number of ether oxygens (including phenoxy) is 1. The molecule has 0 spiro atoms. The summed E-state index contributed by atoms with van der Waals surface area (Å²) in [4.78, 5) is 11.8. The fourth-order valence-corrected chi connectivity index (χ4v) is 1.62. The van der Waals surface area contributed by atoms with Crippen molar-refractivity contribution in [2.45, 2.75) is 66.5 Å². The lowest BCUT2D eigenvalue weighted by atomic mass is 9.88. The summed E-state index contributed by atoms with van der Waals surface area (Å²) in [6, 6.07) is 0. The van der Waals surface area contributed by atoms with Gasteiger partial charge in [0.1, 0.15) is 11.5 Å². The molecule has 0 fully saturated rings. The first-order valence-corrected chi connectivity index (χ1v) is 6.46. The Morgan fingerprint density at radius 3 is 2.12 bits per heavy atom. The molecule has 0 rings (SSSR count). The van der Waals surface area contributed by atoms with Gasteiger partial charge in [-0.3, -0.25) is 4.79 Å². The van der Waals surface area contributed by atoms with E-state index in [1.54, 1.807) is 6.92 Å². The van der Waals surface area contributed by atoms with Crippen molar-refractivity contribution >= 4 is 5.78 Å². The molecule has 0 aromatic rings. The summed E-state index contributed by atoms with van der Waals surface area (Å²) in [5.74, 6) is 0.767. The quantitative estimate of drug-likeness (QED) is 0.699. The van der Waals surface area contributed by atoms with Crippen molar-refractivity contribution in [3.05, 3.63) is 0 Å². The third kappa shape index (κ3) is 10.5. The van der Waals surface area contributed by atoms with Crippen molar-refractivity contribution in [3.63, 3.8) is 0 Å². The molecule has 0 aromatic heterocycles. The van der Waals surface area contributed by atoms with Gasteiger partial charge in [-0.05, 0) is 24.7 Å². The molecule has 0 aromatic carbocycles. The second kappa shape index (κ2) is 6.50. The highest BCUT2D eigenvalue weighted by Gasteiger charge is 2.25. The third-order valence-electron chi connectivity index (χ3n) is 2.40. The molecule has 102 valence electrons. The Bertz CT molecular complexity index is 239. The summed E-state index contributed by atoms with van der Waals surface area (Å²) in [6.07, 6.45) is 1.82. The summed E-state index contributed by atoms with van der Waals surface area (Å²) in [5.41, 5.74) is 5.18. The first-order valence-electron chi connectivity index (χ1n) is 6.46. The Morgan fingerprint density at radius 2 is 1.71 bits per heavy atom. The molecule has 0 saturated carbocycles. The maximum absolute atomic E-state index is 11.8. The van der Waals surface area contributed by atoms with E-state index in [1.807, 2.05) is 0 Å². The van der Waals surface area contributed by atoms with Crippen LogP contribution >= 0.6 is 0 Å². The van der Waals surface area contributed by atoms with Crippen LogP contribution in [0.4, 0.5) is 0 Å². The Kier molecular flexibility index (Phi) is 6.35. The molecule has 1 atom stereocenters. The highest BCUT2D eigenvalue weighted by molar-refractivity contribution is 5.79. The van der Waals surface area contributed by atoms with E-state index in [1.165, 1.54) is 0 Å². The number of hydrogen-bond acceptors (Lipinski definition) is 3. The molecule has 0 amide bonds. The van der Waals surface area contributed by atoms with Gasteiger partial charge < -0.3 is 10.5 Å². The van der Waals surface area contributed by atoms with E-state index in [9.17, 15) is 4.79 Å². The van der Waals surface area contributed by atoms with Crippen LogP contribution in [-0.4, -0.2) is 18.1 Å². The normalized spacial score (nSPS) is 16.0. The molecular weight excluding hydrogens is 214 g/mol. The highest BCUT2D eigenvalue weighted by atomic mass is 16.5. The lowest BCUT2D eigenvalue weighted by Crippen LogP contribution is -2.42. The Labute approximate surface area is 106 Å². The van der Waals surface area contributed by atoms with E-state index in [4.69, 9.17) is 10.5 Å². The van der Waals surface area contributed by atoms with E-state index in [0.29, 0.717) is 25.4 Å². The lowest BCUT2D eigenvalue weighted by molar-refractivity contribution is -0.128. The zero-order valence-corrected chi connectivity index (χ0v) is 12.3. The zero-order chi connectivity index (χ0) is 13.7. The minimum atomic E-state index is -0.822. The van der Waals surface area contributed by atoms with Gasteiger partial charge in [0.25, 0.3) is 0 Å². The average molecular weight is 243 g/mol. The van der Waals surface area contributed by atoms with Crippen LogP contribution in [0.1, 0.15) is 60.8 Å². The molecular formula is C14H29NO2. The van der Waals surface area contributed by atoms with Crippen LogP contribution in [0.3, 0.4) is 0 Å². The molecule has 0 aliphatic rings. The van der Waals surface area contributed by atoms with Gasteiger partial charge in [0, 0.05) is 19.4 Å².